The molecule has 0 amide bonds. The van der Waals surface area contributed by atoms with Gasteiger partial charge in [-0.25, -0.2) is 4.79 Å². The molecule has 2 N–H and O–H groups in total. The molecule has 0 spiro atoms. The molecule has 2 aromatic rings. The van der Waals surface area contributed by atoms with Crippen LogP contribution in [-0.2, 0) is 0 Å². The van der Waals surface area contributed by atoms with E-state index < -0.39 is 5.97 Å². The van der Waals surface area contributed by atoms with Crippen molar-refractivity contribution in [1.82, 2.24) is 4.98 Å². The maximum absolute atomic E-state index is 10.7. The molecule has 0 radical (unpaired) electrons. The van der Waals surface area contributed by atoms with E-state index in [1.165, 1.54) is 0 Å². The monoisotopic (exact) mass is 215 g/mol. The number of carbonyl (C=O) groups excluding carboxylic acids is 1. The molecule has 80 valence electrons. The third-order valence-corrected chi connectivity index (χ3v) is 2.29. The summed E-state index contributed by atoms with van der Waals surface area (Å²) in [6.07, 6.45) is 2.39. The van der Waals surface area contributed by atoms with Crippen LogP contribution in [0, 0.1) is 0 Å². The average molecular weight is 215 g/mol. The van der Waals surface area contributed by atoms with Gasteiger partial charge in [0.15, 0.2) is 0 Å². The lowest BCUT2D eigenvalue weighted by Gasteiger charge is -1.96. The Hall–Kier alpha value is -2.36. The molecule has 0 unspecified atom stereocenters. The third-order valence-electron chi connectivity index (χ3n) is 2.29. The Kier molecular flexibility index (Phi) is 2.55. The number of aromatic amines is 1. The zero-order valence-electron chi connectivity index (χ0n) is 8.31. The van der Waals surface area contributed by atoms with Crippen molar-refractivity contribution in [3.05, 3.63) is 47.8 Å². The van der Waals surface area contributed by atoms with E-state index >= 15 is 0 Å². The van der Waals surface area contributed by atoms with Crippen LogP contribution in [0.15, 0.2) is 36.5 Å². The quantitative estimate of drug-likeness (QED) is 0.771. The van der Waals surface area contributed by atoms with Crippen LogP contribution in [0.1, 0.15) is 20.8 Å². The average Bonchev–Trinajstić information content (AvgIpc) is 2.78. The molecule has 0 atom stereocenters. The molecule has 2 rings (SSSR count). The van der Waals surface area contributed by atoms with Crippen molar-refractivity contribution in [2.45, 2.75) is 0 Å². The number of hydrogen-bond donors (Lipinski definition) is 2. The van der Waals surface area contributed by atoms with Gasteiger partial charge in [-0.15, -0.1) is 0 Å². The van der Waals surface area contributed by atoms with Crippen molar-refractivity contribution in [3.63, 3.8) is 0 Å². The van der Waals surface area contributed by atoms with E-state index in [-0.39, 0.29) is 5.69 Å². The van der Waals surface area contributed by atoms with E-state index in [1.54, 1.807) is 36.5 Å². The molecule has 0 aliphatic carbocycles. The minimum atomic E-state index is -0.990. The summed E-state index contributed by atoms with van der Waals surface area (Å²) in [5.41, 5.74) is 2.40. The minimum Gasteiger partial charge on any atom is -0.477 e. The Morgan fingerprint density at radius 2 is 1.88 bits per heavy atom. The summed E-state index contributed by atoms with van der Waals surface area (Å²) in [4.78, 5) is 23.8. The predicted octanol–water partition coefficient (Wildman–Crippen LogP) is 2.19. The number of rotatable bonds is 3. The van der Waals surface area contributed by atoms with Gasteiger partial charge in [0.2, 0.25) is 0 Å². The highest BCUT2D eigenvalue weighted by Gasteiger charge is 2.07. The number of carboxylic acid groups (broad SMARTS) is 1. The van der Waals surface area contributed by atoms with Crippen molar-refractivity contribution in [3.8, 4) is 11.1 Å². The summed E-state index contributed by atoms with van der Waals surface area (Å²) in [5.74, 6) is -0.990. The van der Waals surface area contributed by atoms with Gasteiger partial charge in [-0.1, -0.05) is 24.3 Å². The van der Waals surface area contributed by atoms with Crippen LogP contribution >= 0.6 is 0 Å². The normalized spacial score (nSPS) is 10.0. The Balaban J connectivity index is 2.35. The highest BCUT2D eigenvalue weighted by atomic mass is 16.4. The van der Waals surface area contributed by atoms with Crippen molar-refractivity contribution in [2.24, 2.45) is 0 Å². The summed E-state index contributed by atoms with van der Waals surface area (Å²) >= 11 is 0. The molecule has 0 saturated heterocycles. The number of H-pyrrole nitrogens is 1. The number of benzene rings is 1. The van der Waals surface area contributed by atoms with Gasteiger partial charge in [-0.2, -0.15) is 0 Å². The maximum atomic E-state index is 10.7. The summed E-state index contributed by atoms with van der Waals surface area (Å²) in [7, 11) is 0. The molecule has 0 aliphatic heterocycles. The van der Waals surface area contributed by atoms with Gasteiger partial charge in [0.25, 0.3) is 0 Å². The topological polar surface area (TPSA) is 70.2 Å². The molecule has 0 bridgehead atoms. The van der Waals surface area contributed by atoms with Gasteiger partial charge in [-0.05, 0) is 17.2 Å². The molecule has 0 saturated carbocycles. The molecule has 0 fully saturated rings. The zero-order valence-corrected chi connectivity index (χ0v) is 8.31. The first-order valence-electron chi connectivity index (χ1n) is 4.68. The second-order valence-electron chi connectivity index (χ2n) is 3.35. The summed E-state index contributed by atoms with van der Waals surface area (Å²) in [6.45, 7) is 0. The first-order valence-corrected chi connectivity index (χ1v) is 4.68. The van der Waals surface area contributed by atoms with Crippen molar-refractivity contribution < 1.29 is 14.7 Å². The summed E-state index contributed by atoms with van der Waals surface area (Å²) in [5, 5.41) is 8.75. The minimum absolute atomic E-state index is 0.148. The fourth-order valence-corrected chi connectivity index (χ4v) is 1.44. The maximum Gasteiger partial charge on any atom is 0.352 e. The van der Waals surface area contributed by atoms with Crippen molar-refractivity contribution >= 4 is 12.3 Å². The number of carboxylic acids is 1. The van der Waals surface area contributed by atoms with Crippen LogP contribution in [0.3, 0.4) is 0 Å². The van der Waals surface area contributed by atoms with Crippen LogP contribution in [0.25, 0.3) is 11.1 Å². The Bertz CT molecular complexity index is 525. The molecule has 0 aliphatic rings. The number of aromatic carboxylic acids is 1. The first-order chi connectivity index (χ1) is 7.70. The smallest absolute Gasteiger partial charge is 0.352 e. The zero-order chi connectivity index (χ0) is 11.5. The predicted molar refractivity (Wildman–Crippen MR) is 58.6 cm³/mol. The third kappa shape index (κ3) is 1.86. The molecular weight excluding hydrogens is 206 g/mol. The van der Waals surface area contributed by atoms with Gasteiger partial charge in [0.1, 0.15) is 12.0 Å². The van der Waals surface area contributed by atoms with E-state index in [0.29, 0.717) is 5.56 Å². The van der Waals surface area contributed by atoms with Gasteiger partial charge in [0.05, 0.1) is 0 Å². The Morgan fingerprint density at radius 3 is 2.38 bits per heavy atom. The van der Waals surface area contributed by atoms with Crippen LogP contribution in [0.5, 0.6) is 0 Å². The molecule has 1 aromatic carbocycles. The highest BCUT2D eigenvalue weighted by molar-refractivity contribution is 5.88. The summed E-state index contributed by atoms with van der Waals surface area (Å²) in [6, 6.07) is 8.49. The number of aldehydes is 1. The van der Waals surface area contributed by atoms with E-state index in [0.717, 1.165) is 17.4 Å². The standard InChI is InChI=1S/C12H9NO3/c14-7-8-1-3-9(4-2-8)10-5-11(12(15)16)13-6-10/h1-7,13H,(H,15,16). The largest absolute Gasteiger partial charge is 0.477 e. The number of nitrogens with one attached hydrogen (secondary N) is 1. The van der Waals surface area contributed by atoms with E-state index in [1.807, 2.05) is 0 Å². The number of hydrogen-bond acceptors (Lipinski definition) is 2. The molecule has 4 nitrogen and oxygen atoms in total. The molecule has 16 heavy (non-hydrogen) atoms. The fourth-order valence-electron chi connectivity index (χ4n) is 1.44. The molecular formula is C12H9NO3. The van der Waals surface area contributed by atoms with Crippen molar-refractivity contribution in [2.75, 3.05) is 0 Å². The SMILES string of the molecule is O=Cc1ccc(-c2c[nH]c(C(=O)O)c2)cc1. The van der Waals surface area contributed by atoms with E-state index in [9.17, 15) is 9.59 Å². The van der Waals surface area contributed by atoms with Gasteiger partial charge in [-0.3, -0.25) is 4.79 Å². The Morgan fingerprint density at radius 1 is 1.19 bits per heavy atom. The molecule has 4 heteroatoms. The number of carbonyl (C=O) groups is 2. The molecule has 1 aromatic heterocycles. The highest BCUT2D eigenvalue weighted by Crippen LogP contribution is 2.20. The van der Waals surface area contributed by atoms with Crippen LogP contribution < -0.4 is 0 Å². The van der Waals surface area contributed by atoms with Crippen LogP contribution in [0.2, 0.25) is 0 Å². The van der Waals surface area contributed by atoms with Crippen LogP contribution in [-0.4, -0.2) is 22.3 Å². The first kappa shape index (κ1) is 10.2. The summed E-state index contributed by atoms with van der Waals surface area (Å²) < 4.78 is 0. The van der Waals surface area contributed by atoms with E-state index in [4.69, 9.17) is 5.11 Å². The van der Waals surface area contributed by atoms with Gasteiger partial charge >= 0.3 is 5.97 Å². The lowest BCUT2D eigenvalue weighted by Crippen LogP contribution is -1.94. The fraction of sp³-hybridized carbons (Fsp3) is 0. The van der Waals surface area contributed by atoms with E-state index in [2.05, 4.69) is 4.98 Å². The van der Waals surface area contributed by atoms with Crippen LogP contribution in [0.4, 0.5) is 0 Å². The lowest BCUT2D eigenvalue weighted by molar-refractivity contribution is 0.0691. The molecule has 1 heterocycles. The van der Waals surface area contributed by atoms with Gasteiger partial charge in [0, 0.05) is 11.8 Å². The number of aromatic nitrogens is 1. The Labute approximate surface area is 91.5 Å². The van der Waals surface area contributed by atoms with Crippen molar-refractivity contribution in [1.29, 1.82) is 0 Å². The second kappa shape index (κ2) is 4.02. The lowest BCUT2D eigenvalue weighted by atomic mass is 10.1. The van der Waals surface area contributed by atoms with Gasteiger partial charge < -0.3 is 10.1 Å². The second-order valence-corrected chi connectivity index (χ2v) is 3.35.